The van der Waals surface area contributed by atoms with Crippen molar-refractivity contribution < 1.29 is 14.3 Å². The molecule has 4 rings (SSSR count). The summed E-state index contributed by atoms with van der Waals surface area (Å²) in [7, 11) is 0. The van der Waals surface area contributed by atoms with E-state index in [4.69, 9.17) is 4.74 Å². The molecule has 3 aliphatic heterocycles. The van der Waals surface area contributed by atoms with Gasteiger partial charge in [0.15, 0.2) is 6.61 Å². The Balaban J connectivity index is 1.24. The van der Waals surface area contributed by atoms with Gasteiger partial charge in [-0.3, -0.25) is 19.4 Å². The second kappa shape index (κ2) is 10.3. The number of piperazine rings is 1. The first-order valence-corrected chi connectivity index (χ1v) is 11.4. The van der Waals surface area contributed by atoms with Crippen molar-refractivity contribution in [3.63, 3.8) is 0 Å². The fraction of sp³-hybridized carbons (Fsp3) is 0.652. The quantitative estimate of drug-likeness (QED) is 0.676. The highest BCUT2D eigenvalue weighted by molar-refractivity contribution is 5.78. The zero-order chi connectivity index (χ0) is 20.8. The number of carbonyl (C=O) groups is 2. The predicted octanol–water partition coefficient (Wildman–Crippen LogP) is 1.43. The monoisotopic (exact) mass is 414 g/mol. The van der Waals surface area contributed by atoms with Gasteiger partial charge < -0.3 is 14.5 Å². The minimum absolute atomic E-state index is 0.0820. The Hall–Kier alpha value is -2.12. The van der Waals surface area contributed by atoms with Crippen LogP contribution in [0.3, 0.4) is 0 Å². The Morgan fingerprint density at radius 1 is 0.733 bits per heavy atom. The number of rotatable bonds is 7. The summed E-state index contributed by atoms with van der Waals surface area (Å²) in [6.07, 6.45) is 4.48. The lowest BCUT2D eigenvalue weighted by Crippen LogP contribution is -2.49. The fourth-order valence-corrected chi connectivity index (χ4v) is 4.58. The number of nitrogens with zero attached hydrogens (tertiary/aromatic N) is 4. The molecule has 0 aromatic heterocycles. The number of amides is 2. The highest BCUT2D eigenvalue weighted by atomic mass is 16.5. The van der Waals surface area contributed by atoms with E-state index in [1.54, 1.807) is 0 Å². The van der Waals surface area contributed by atoms with Gasteiger partial charge in [0.25, 0.3) is 5.91 Å². The van der Waals surface area contributed by atoms with Crippen LogP contribution in [0.2, 0.25) is 0 Å². The molecule has 0 spiro atoms. The number of ether oxygens (including phenoxy) is 1. The highest BCUT2D eigenvalue weighted by Crippen LogP contribution is 2.21. The molecule has 7 nitrogen and oxygen atoms in total. The van der Waals surface area contributed by atoms with Gasteiger partial charge in [-0.25, -0.2) is 0 Å². The van der Waals surface area contributed by atoms with Gasteiger partial charge in [0.1, 0.15) is 5.75 Å². The normalized spacial score (nSPS) is 20.7. The second-order valence-corrected chi connectivity index (χ2v) is 8.62. The molecule has 3 fully saturated rings. The number of likely N-dealkylation sites (tertiary alicyclic amines) is 2. The van der Waals surface area contributed by atoms with Crippen LogP contribution >= 0.6 is 0 Å². The van der Waals surface area contributed by atoms with Crippen molar-refractivity contribution in [1.29, 1.82) is 0 Å². The molecule has 0 N–H and O–H groups in total. The maximum Gasteiger partial charge on any atom is 0.260 e. The van der Waals surface area contributed by atoms with E-state index in [0.29, 0.717) is 6.54 Å². The Bertz CT molecular complexity index is 721. The average Bonchev–Trinajstić information content (AvgIpc) is 3.48. The standard InChI is InChI=1S/C23H34N4O3/c28-22(26-9-3-4-10-26)18-25-15-13-24(14-16-25)17-20-7-1-2-8-21(20)30-19-23(29)27-11-5-6-12-27/h1-2,7-8H,3-6,9-19H2. The summed E-state index contributed by atoms with van der Waals surface area (Å²) in [5, 5.41) is 0. The van der Waals surface area contributed by atoms with E-state index in [2.05, 4.69) is 15.9 Å². The van der Waals surface area contributed by atoms with Crippen molar-refractivity contribution in [3.05, 3.63) is 29.8 Å². The van der Waals surface area contributed by atoms with Crippen molar-refractivity contribution in [2.24, 2.45) is 0 Å². The topological polar surface area (TPSA) is 56.3 Å². The van der Waals surface area contributed by atoms with E-state index in [0.717, 1.165) is 95.9 Å². The Labute approximate surface area is 179 Å². The van der Waals surface area contributed by atoms with E-state index < -0.39 is 0 Å². The lowest BCUT2D eigenvalue weighted by molar-refractivity contribution is -0.132. The molecular formula is C23H34N4O3. The summed E-state index contributed by atoms with van der Waals surface area (Å²) in [5.74, 6) is 1.16. The third kappa shape index (κ3) is 5.52. The minimum Gasteiger partial charge on any atom is -0.483 e. The lowest BCUT2D eigenvalue weighted by atomic mass is 10.1. The van der Waals surface area contributed by atoms with Crippen LogP contribution in [0.25, 0.3) is 0 Å². The average molecular weight is 415 g/mol. The largest absolute Gasteiger partial charge is 0.483 e. The molecule has 2 amide bonds. The summed E-state index contributed by atoms with van der Waals surface area (Å²) < 4.78 is 5.91. The zero-order valence-electron chi connectivity index (χ0n) is 17.9. The van der Waals surface area contributed by atoms with Crippen LogP contribution < -0.4 is 4.74 Å². The van der Waals surface area contributed by atoms with Crippen LogP contribution in [0.5, 0.6) is 5.75 Å². The lowest BCUT2D eigenvalue weighted by Gasteiger charge is -2.35. The van der Waals surface area contributed by atoms with Gasteiger partial charge >= 0.3 is 0 Å². The number of para-hydroxylation sites is 1. The molecule has 3 saturated heterocycles. The van der Waals surface area contributed by atoms with Gasteiger partial charge in [-0.05, 0) is 31.7 Å². The minimum atomic E-state index is 0.0820. The molecule has 1 aromatic rings. The van der Waals surface area contributed by atoms with Crippen molar-refractivity contribution in [2.75, 3.05) is 65.5 Å². The molecule has 0 unspecified atom stereocenters. The Morgan fingerprint density at radius 3 is 1.97 bits per heavy atom. The van der Waals surface area contributed by atoms with Crippen molar-refractivity contribution in [1.82, 2.24) is 19.6 Å². The predicted molar refractivity (Wildman–Crippen MR) is 115 cm³/mol. The molecule has 1 aromatic carbocycles. The van der Waals surface area contributed by atoms with Gasteiger partial charge in [-0.1, -0.05) is 18.2 Å². The summed E-state index contributed by atoms with van der Waals surface area (Å²) in [6.45, 7) is 8.74. The first-order chi connectivity index (χ1) is 14.7. The summed E-state index contributed by atoms with van der Waals surface area (Å²) >= 11 is 0. The number of hydrogen-bond donors (Lipinski definition) is 0. The van der Waals surface area contributed by atoms with Crippen LogP contribution in [0.4, 0.5) is 0 Å². The van der Waals surface area contributed by atoms with Gasteiger partial charge in [0.05, 0.1) is 6.54 Å². The van der Waals surface area contributed by atoms with E-state index in [-0.39, 0.29) is 18.4 Å². The maximum atomic E-state index is 12.4. The number of carbonyl (C=O) groups excluding carboxylic acids is 2. The van der Waals surface area contributed by atoms with E-state index in [1.165, 1.54) is 0 Å². The van der Waals surface area contributed by atoms with Crippen LogP contribution in [-0.4, -0.2) is 96.9 Å². The third-order valence-corrected chi connectivity index (χ3v) is 6.46. The van der Waals surface area contributed by atoms with Crippen LogP contribution in [0, 0.1) is 0 Å². The summed E-state index contributed by atoms with van der Waals surface area (Å²) in [4.78, 5) is 33.2. The molecule has 0 radical (unpaired) electrons. The number of hydrogen-bond acceptors (Lipinski definition) is 5. The van der Waals surface area contributed by atoms with Crippen molar-refractivity contribution in [3.8, 4) is 5.75 Å². The van der Waals surface area contributed by atoms with Crippen LogP contribution in [0.1, 0.15) is 31.2 Å². The summed E-state index contributed by atoms with van der Waals surface area (Å²) in [6, 6.07) is 8.02. The molecule has 0 atom stereocenters. The molecule has 0 saturated carbocycles. The Kier molecular flexibility index (Phi) is 7.23. The van der Waals surface area contributed by atoms with Gasteiger partial charge in [0, 0.05) is 64.5 Å². The SMILES string of the molecule is O=C(COc1ccccc1CN1CCN(CC(=O)N2CCCC2)CC1)N1CCCC1. The van der Waals surface area contributed by atoms with Crippen molar-refractivity contribution >= 4 is 11.8 Å². The van der Waals surface area contributed by atoms with E-state index in [9.17, 15) is 9.59 Å². The molecule has 30 heavy (non-hydrogen) atoms. The van der Waals surface area contributed by atoms with Crippen LogP contribution in [-0.2, 0) is 16.1 Å². The Morgan fingerprint density at radius 2 is 1.30 bits per heavy atom. The first kappa shape index (κ1) is 21.1. The molecular weight excluding hydrogens is 380 g/mol. The smallest absolute Gasteiger partial charge is 0.260 e. The maximum absolute atomic E-state index is 12.4. The summed E-state index contributed by atoms with van der Waals surface area (Å²) in [5.41, 5.74) is 1.12. The molecule has 3 aliphatic rings. The molecule has 0 bridgehead atoms. The van der Waals surface area contributed by atoms with Gasteiger partial charge in [-0.2, -0.15) is 0 Å². The molecule has 3 heterocycles. The first-order valence-electron chi connectivity index (χ1n) is 11.4. The second-order valence-electron chi connectivity index (χ2n) is 8.62. The van der Waals surface area contributed by atoms with Crippen LogP contribution in [0.15, 0.2) is 24.3 Å². The van der Waals surface area contributed by atoms with Gasteiger partial charge in [0.2, 0.25) is 5.91 Å². The molecule has 7 heteroatoms. The van der Waals surface area contributed by atoms with E-state index >= 15 is 0 Å². The van der Waals surface area contributed by atoms with E-state index in [1.807, 2.05) is 28.0 Å². The zero-order valence-corrected chi connectivity index (χ0v) is 17.9. The third-order valence-electron chi connectivity index (χ3n) is 6.46. The van der Waals surface area contributed by atoms with Crippen molar-refractivity contribution in [2.45, 2.75) is 32.2 Å². The highest BCUT2D eigenvalue weighted by Gasteiger charge is 2.24. The molecule has 164 valence electrons. The van der Waals surface area contributed by atoms with Gasteiger partial charge in [-0.15, -0.1) is 0 Å². The fourth-order valence-electron chi connectivity index (χ4n) is 4.58. The number of benzene rings is 1. The molecule has 0 aliphatic carbocycles.